The molecule has 4 nitrogen and oxygen atoms in total. The average Bonchev–Trinajstić information content (AvgIpc) is 2.40. The largest absolute Gasteiger partial charge is 0.573 e. The van der Waals surface area contributed by atoms with Gasteiger partial charge in [0.1, 0.15) is 0 Å². The third kappa shape index (κ3) is 3.85. The molecule has 0 bridgehead atoms. The summed E-state index contributed by atoms with van der Waals surface area (Å²) in [6.45, 7) is 1.98. The average molecular weight is 298 g/mol. The van der Waals surface area contributed by atoms with E-state index in [-0.39, 0.29) is 18.2 Å². The van der Waals surface area contributed by atoms with Gasteiger partial charge < -0.3 is 15.2 Å². The number of hydrogen-bond acceptors (Lipinski definition) is 4. The number of aryl methyl sites for hydroxylation is 1. The minimum atomic E-state index is -4.80. The lowest BCUT2D eigenvalue weighted by Gasteiger charge is -2.15. The van der Waals surface area contributed by atoms with Gasteiger partial charge in [0.2, 0.25) is 5.88 Å². The van der Waals surface area contributed by atoms with E-state index in [1.807, 2.05) is 6.92 Å². The summed E-state index contributed by atoms with van der Waals surface area (Å²) in [5.41, 5.74) is 7.08. The van der Waals surface area contributed by atoms with Gasteiger partial charge in [0, 0.05) is 18.3 Å². The molecule has 0 amide bonds. The summed E-state index contributed by atoms with van der Waals surface area (Å²) >= 11 is 0. The standard InChI is InChI=1S/C14H13F3N2O2/c1-9-6-7-19-13(10(9)8-18)20-11-4-2-3-5-12(11)21-14(15,16)17/h2-7H,8,18H2,1H3. The molecule has 1 aromatic carbocycles. The maximum atomic E-state index is 12.4. The molecule has 21 heavy (non-hydrogen) atoms. The zero-order valence-corrected chi connectivity index (χ0v) is 11.1. The number of ether oxygens (including phenoxy) is 2. The minimum Gasteiger partial charge on any atom is -0.435 e. The molecule has 0 fully saturated rings. The van der Waals surface area contributed by atoms with Crippen molar-refractivity contribution in [3.05, 3.63) is 47.7 Å². The predicted molar refractivity (Wildman–Crippen MR) is 70.1 cm³/mol. The molecule has 0 radical (unpaired) electrons. The summed E-state index contributed by atoms with van der Waals surface area (Å²) in [6, 6.07) is 7.23. The second-order valence-corrected chi connectivity index (χ2v) is 4.21. The van der Waals surface area contributed by atoms with Crippen LogP contribution in [0.25, 0.3) is 0 Å². The van der Waals surface area contributed by atoms with Crippen LogP contribution in [0.2, 0.25) is 0 Å². The first-order chi connectivity index (χ1) is 9.90. The van der Waals surface area contributed by atoms with Crippen molar-refractivity contribution in [2.45, 2.75) is 19.8 Å². The molecule has 0 unspecified atom stereocenters. The number of aromatic nitrogens is 1. The van der Waals surface area contributed by atoms with Gasteiger partial charge >= 0.3 is 6.36 Å². The van der Waals surface area contributed by atoms with Crippen LogP contribution in [0.3, 0.4) is 0 Å². The number of halogens is 3. The van der Waals surface area contributed by atoms with Crippen LogP contribution >= 0.6 is 0 Å². The fraction of sp³-hybridized carbons (Fsp3) is 0.214. The zero-order valence-electron chi connectivity index (χ0n) is 11.1. The number of nitrogens with two attached hydrogens (primary N) is 1. The molecule has 7 heteroatoms. The van der Waals surface area contributed by atoms with Gasteiger partial charge in [-0.2, -0.15) is 0 Å². The molecule has 2 aromatic rings. The van der Waals surface area contributed by atoms with Gasteiger partial charge in [-0.3, -0.25) is 0 Å². The van der Waals surface area contributed by atoms with Gasteiger partial charge in [0.05, 0.1) is 0 Å². The molecule has 1 aromatic heterocycles. The lowest BCUT2D eigenvalue weighted by atomic mass is 10.1. The van der Waals surface area contributed by atoms with Crippen molar-refractivity contribution in [3.63, 3.8) is 0 Å². The Morgan fingerprint density at radius 3 is 2.43 bits per heavy atom. The molecule has 0 saturated heterocycles. The third-order valence-corrected chi connectivity index (χ3v) is 2.74. The third-order valence-electron chi connectivity index (χ3n) is 2.74. The number of alkyl halides is 3. The fourth-order valence-corrected chi connectivity index (χ4v) is 1.75. The van der Waals surface area contributed by atoms with E-state index >= 15 is 0 Å². The number of nitrogens with zero attached hydrogens (tertiary/aromatic N) is 1. The second-order valence-electron chi connectivity index (χ2n) is 4.21. The number of hydrogen-bond donors (Lipinski definition) is 1. The van der Waals surface area contributed by atoms with Gasteiger partial charge in [-0.25, -0.2) is 4.98 Å². The van der Waals surface area contributed by atoms with E-state index in [0.717, 1.165) is 5.56 Å². The van der Waals surface area contributed by atoms with E-state index in [4.69, 9.17) is 10.5 Å². The van der Waals surface area contributed by atoms with E-state index in [2.05, 4.69) is 9.72 Å². The summed E-state index contributed by atoms with van der Waals surface area (Å²) in [5.74, 6) is -0.352. The molecular formula is C14H13F3N2O2. The van der Waals surface area contributed by atoms with Gasteiger partial charge in [-0.1, -0.05) is 12.1 Å². The van der Waals surface area contributed by atoms with Crippen LogP contribution < -0.4 is 15.2 Å². The Labute approximate surface area is 119 Å². The highest BCUT2D eigenvalue weighted by Crippen LogP contribution is 2.35. The summed E-state index contributed by atoms with van der Waals surface area (Å²) in [4.78, 5) is 4.00. The maximum Gasteiger partial charge on any atom is 0.573 e. The smallest absolute Gasteiger partial charge is 0.435 e. The van der Waals surface area contributed by atoms with E-state index in [0.29, 0.717) is 5.56 Å². The van der Waals surface area contributed by atoms with Gasteiger partial charge in [0.25, 0.3) is 0 Å². The van der Waals surface area contributed by atoms with Crippen molar-refractivity contribution < 1.29 is 22.6 Å². The van der Waals surface area contributed by atoms with Crippen molar-refractivity contribution in [3.8, 4) is 17.4 Å². The summed E-state index contributed by atoms with van der Waals surface area (Å²) in [5, 5.41) is 0. The molecule has 0 atom stereocenters. The van der Waals surface area contributed by atoms with Gasteiger partial charge in [-0.05, 0) is 30.7 Å². The van der Waals surface area contributed by atoms with Gasteiger partial charge in [-0.15, -0.1) is 13.2 Å². The summed E-state index contributed by atoms with van der Waals surface area (Å²) in [7, 11) is 0. The van der Waals surface area contributed by atoms with E-state index in [1.54, 1.807) is 6.07 Å². The quantitative estimate of drug-likeness (QED) is 0.938. The highest BCUT2D eigenvalue weighted by Gasteiger charge is 2.32. The van der Waals surface area contributed by atoms with Crippen molar-refractivity contribution >= 4 is 0 Å². The first-order valence-corrected chi connectivity index (χ1v) is 6.08. The van der Waals surface area contributed by atoms with Crippen molar-refractivity contribution in [2.75, 3.05) is 0 Å². The molecule has 0 aliphatic heterocycles. The maximum absolute atomic E-state index is 12.4. The number of para-hydroxylation sites is 2. The van der Waals surface area contributed by atoms with Crippen LogP contribution in [0.5, 0.6) is 17.4 Å². The second kappa shape index (κ2) is 6.01. The topological polar surface area (TPSA) is 57.4 Å². The fourth-order valence-electron chi connectivity index (χ4n) is 1.75. The predicted octanol–water partition coefficient (Wildman–Crippen LogP) is 3.54. The molecule has 1 heterocycles. The summed E-state index contributed by atoms with van der Waals surface area (Å²) in [6.07, 6.45) is -3.30. The molecule has 0 spiro atoms. The van der Waals surface area contributed by atoms with E-state index in [9.17, 15) is 13.2 Å². The van der Waals surface area contributed by atoms with Crippen molar-refractivity contribution in [1.29, 1.82) is 0 Å². The first-order valence-electron chi connectivity index (χ1n) is 6.08. The Hall–Kier alpha value is -2.28. The number of rotatable bonds is 4. The lowest BCUT2D eigenvalue weighted by molar-refractivity contribution is -0.275. The van der Waals surface area contributed by atoms with Crippen LogP contribution in [0.1, 0.15) is 11.1 Å². The number of pyridine rings is 1. The Kier molecular flexibility index (Phi) is 4.32. The molecule has 0 saturated carbocycles. The van der Waals surface area contributed by atoms with Crippen LogP contribution in [-0.2, 0) is 6.54 Å². The zero-order chi connectivity index (χ0) is 15.5. The highest BCUT2D eigenvalue weighted by molar-refractivity contribution is 5.44. The van der Waals surface area contributed by atoms with Crippen LogP contribution in [-0.4, -0.2) is 11.3 Å². The monoisotopic (exact) mass is 298 g/mol. The lowest BCUT2D eigenvalue weighted by Crippen LogP contribution is -2.17. The van der Waals surface area contributed by atoms with Gasteiger partial charge in [0.15, 0.2) is 11.5 Å². The van der Waals surface area contributed by atoms with E-state index in [1.165, 1.54) is 30.5 Å². The molecule has 2 rings (SSSR count). The minimum absolute atomic E-state index is 0.0809. The molecule has 2 N–H and O–H groups in total. The Morgan fingerprint density at radius 1 is 1.14 bits per heavy atom. The Bertz CT molecular complexity index is 630. The van der Waals surface area contributed by atoms with Crippen molar-refractivity contribution in [1.82, 2.24) is 4.98 Å². The Balaban J connectivity index is 2.34. The first kappa shape index (κ1) is 15.1. The van der Waals surface area contributed by atoms with Crippen LogP contribution in [0.4, 0.5) is 13.2 Å². The van der Waals surface area contributed by atoms with E-state index < -0.39 is 12.1 Å². The molecule has 112 valence electrons. The normalized spacial score (nSPS) is 11.3. The molecule has 0 aliphatic rings. The van der Waals surface area contributed by atoms with Crippen LogP contribution in [0.15, 0.2) is 36.5 Å². The highest BCUT2D eigenvalue weighted by atomic mass is 19.4. The van der Waals surface area contributed by atoms with Crippen LogP contribution in [0, 0.1) is 6.92 Å². The molecule has 0 aliphatic carbocycles. The Morgan fingerprint density at radius 2 is 1.81 bits per heavy atom. The summed E-state index contributed by atoms with van der Waals surface area (Å²) < 4.78 is 46.4. The number of benzene rings is 1. The van der Waals surface area contributed by atoms with Crippen molar-refractivity contribution in [2.24, 2.45) is 5.73 Å². The SMILES string of the molecule is Cc1ccnc(Oc2ccccc2OC(F)(F)F)c1CN. The molecular weight excluding hydrogens is 285 g/mol.